The first-order valence-corrected chi connectivity index (χ1v) is 11.8. The van der Waals surface area contributed by atoms with E-state index < -0.39 is 5.92 Å². The number of nitrogens with two attached hydrogens (primary N) is 1. The summed E-state index contributed by atoms with van der Waals surface area (Å²) in [6, 6.07) is 16.7. The number of aryl methyl sites for hydroxylation is 1. The molecule has 0 heterocycles. The SMILES string of the molecule is CC/C(OC)=C1/c2cc(OCCCc3ccccc3)ccc2C(C2C=CC=CC2)C1C(N)=O. The van der Waals surface area contributed by atoms with E-state index in [-0.39, 0.29) is 17.7 Å². The van der Waals surface area contributed by atoms with Gasteiger partial charge in [-0.15, -0.1) is 0 Å². The van der Waals surface area contributed by atoms with Gasteiger partial charge in [-0.1, -0.05) is 67.6 Å². The van der Waals surface area contributed by atoms with Crippen LogP contribution in [0.2, 0.25) is 0 Å². The highest BCUT2D eigenvalue weighted by atomic mass is 16.5. The molecule has 172 valence electrons. The van der Waals surface area contributed by atoms with Crippen molar-refractivity contribution in [3.8, 4) is 5.75 Å². The zero-order chi connectivity index (χ0) is 23.2. The second-order valence-corrected chi connectivity index (χ2v) is 8.70. The molecule has 2 aliphatic carbocycles. The molecule has 2 N–H and O–H groups in total. The van der Waals surface area contributed by atoms with Gasteiger partial charge < -0.3 is 15.2 Å². The average molecular weight is 444 g/mol. The van der Waals surface area contributed by atoms with Crippen LogP contribution >= 0.6 is 0 Å². The minimum Gasteiger partial charge on any atom is -0.501 e. The third-order valence-electron chi connectivity index (χ3n) is 6.71. The number of methoxy groups -OCH3 is 1. The zero-order valence-electron chi connectivity index (χ0n) is 19.5. The van der Waals surface area contributed by atoms with E-state index in [4.69, 9.17) is 15.2 Å². The number of ether oxygens (including phenoxy) is 2. The first-order valence-electron chi connectivity index (χ1n) is 11.8. The van der Waals surface area contributed by atoms with Crippen LogP contribution in [0.3, 0.4) is 0 Å². The molecule has 3 atom stereocenters. The molecule has 1 amide bonds. The molecule has 4 heteroatoms. The van der Waals surface area contributed by atoms with Gasteiger partial charge in [0, 0.05) is 17.9 Å². The molecular weight excluding hydrogens is 410 g/mol. The molecule has 0 fully saturated rings. The number of benzene rings is 2. The lowest BCUT2D eigenvalue weighted by atomic mass is 9.77. The monoisotopic (exact) mass is 443 g/mol. The third kappa shape index (κ3) is 4.90. The molecule has 0 aromatic heterocycles. The maximum Gasteiger partial charge on any atom is 0.225 e. The highest BCUT2D eigenvalue weighted by Crippen LogP contribution is 2.53. The molecule has 2 aromatic carbocycles. The summed E-state index contributed by atoms with van der Waals surface area (Å²) in [5.41, 5.74) is 10.4. The predicted molar refractivity (Wildman–Crippen MR) is 133 cm³/mol. The van der Waals surface area contributed by atoms with Crippen molar-refractivity contribution in [2.45, 2.75) is 38.5 Å². The summed E-state index contributed by atoms with van der Waals surface area (Å²) in [5.74, 6) is 1.13. The van der Waals surface area contributed by atoms with Crippen LogP contribution in [-0.2, 0) is 16.0 Å². The van der Waals surface area contributed by atoms with Gasteiger partial charge in [-0.05, 0) is 54.0 Å². The lowest BCUT2D eigenvalue weighted by molar-refractivity contribution is -0.120. The number of carbonyl (C=O) groups excluding carboxylic acids is 1. The van der Waals surface area contributed by atoms with Crippen molar-refractivity contribution in [2.24, 2.45) is 17.6 Å². The molecule has 0 bridgehead atoms. The largest absolute Gasteiger partial charge is 0.501 e. The van der Waals surface area contributed by atoms with Crippen LogP contribution in [0.1, 0.15) is 48.8 Å². The van der Waals surface area contributed by atoms with E-state index in [1.807, 2.05) is 19.1 Å². The molecular formula is C29H33NO3. The van der Waals surface area contributed by atoms with Crippen LogP contribution in [0.25, 0.3) is 5.57 Å². The Balaban J connectivity index is 1.62. The molecule has 0 spiro atoms. The van der Waals surface area contributed by atoms with Crippen LogP contribution in [-0.4, -0.2) is 19.6 Å². The lowest BCUT2D eigenvalue weighted by Crippen LogP contribution is -2.30. The van der Waals surface area contributed by atoms with E-state index in [1.54, 1.807) is 7.11 Å². The van der Waals surface area contributed by atoms with E-state index in [9.17, 15) is 4.79 Å². The normalized spacial score (nSPS) is 22.7. The van der Waals surface area contributed by atoms with E-state index in [0.717, 1.165) is 47.5 Å². The van der Waals surface area contributed by atoms with Gasteiger partial charge >= 0.3 is 0 Å². The summed E-state index contributed by atoms with van der Waals surface area (Å²) in [4.78, 5) is 12.8. The highest BCUT2D eigenvalue weighted by Gasteiger charge is 2.45. The predicted octanol–water partition coefficient (Wildman–Crippen LogP) is 5.80. The van der Waals surface area contributed by atoms with Crippen molar-refractivity contribution in [3.63, 3.8) is 0 Å². The first-order chi connectivity index (χ1) is 16.1. The van der Waals surface area contributed by atoms with Crippen molar-refractivity contribution >= 4 is 11.5 Å². The van der Waals surface area contributed by atoms with Crippen LogP contribution in [0.5, 0.6) is 5.75 Å². The summed E-state index contributed by atoms with van der Waals surface area (Å²) >= 11 is 0. The molecule has 0 aliphatic heterocycles. The second kappa shape index (κ2) is 10.6. The minimum absolute atomic E-state index is 0.00229. The van der Waals surface area contributed by atoms with Gasteiger partial charge in [0.2, 0.25) is 5.91 Å². The van der Waals surface area contributed by atoms with E-state index in [2.05, 4.69) is 60.7 Å². The summed E-state index contributed by atoms with van der Waals surface area (Å²) in [6.07, 6.45) is 12.0. The van der Waals surface area contributed by atoms with Crippen molar-refractivity contribution in [2.75, 3.05) is 13.7 Å². The fourth-order valence-electron chi connectivity index (χ4n) is 5.22. The molecule has 4 nitrogen and oxygen atoms in total. The summed E-state index contributed by atoms with van der Waals surface area (Å²) in [7, 11) is 1.67. The Hall–Kier alpha value is -3.27. The minimum atomic E-state index is -0.413. The number of primary amides is 1. The van der Waals surface area contributed by atoms with Crippen LogP contribution in [0, 0.1) is 11.8 Å². The van der Waals surface area contributed by atoms with E-state index in [1.165, 1.54) is 5.56 Å². The number of allylic oxidation sites excluding steroid dienone is 5. The Kier molecular flexibility index (Phi) is 7.33. The third-order valence-corrected chi connectivity index (χ3v) is 6.71. The van der Waals surface area contributed by atoms with Crippen LogP contribution in [0.15, 0.2) is 78.6 Å². The number of fused-ring (bicyclic) bond motifs is 1. The molecule has 33 heavy (non-hydrogen) atoms. The van der Waals surface area contributed by atoms with E-state index in [0.29, 0.717) is 13.0 Å². The topological polar surface area (TPSA) is 61.6 Å². The van der Waals surface area contributed by atoms with Crippen LogP contribution < -0.4 is 10.5 Å². The molecule has 4 rings (SSSR count). The summed E-state index contributed by atoms with van der Waals surface area (Å²) in [5, 5.41) is 0. The van der Waals surface area contributed by atoms with Crippen molar-refractivity contribution in [1.29, 1.82) is 0 Å². The fourth-order valence-corrected chi connectivity index (χ4v) is 5.22. The van der Waals surface area contributed by atoms with Crippen molar-refractivity contribution in [3.05, 3.63) is 95.3 Å². The second-order valence-electron chi connectivity index (χ2n) is 8.70. The number of hydrogen-bond acceptors (Lipinski definition) is 3. The van der Waals surface area contributed by atoms with Gasteiger partial charge in [-0.3, -0.25) is 4.79 Å². The Labute approximate surface area is 196 Å². The fraction of sp³-hybridized carbons (Fsp3) is 0.345. The molecule has 0 radical (unpaired) electrons. The number of carbonyl (C=O) groups is 1. The quantitative estimate of drug-likeness (QED) is 0.394. The Morgan fingerprint density at radius 2 is 1.94 bits per heavy atom. The van der Waals surface area contributed by atoms with Gasteiger partial charge in [-0.2, -0.15) is 0 Å². The van der Waals surface area contributed by atoms with Crippen LogP contribution in [0.4, 0.5) is 0 Å². The van der Waals surface area contributed by atoms with Crippen molar-refractivity contribution < 1.29 is 14.3 Å². The molecule has 0 saturated carbocycles. The highest BCUT2D eigenvalue weighted by molar-refractivity contribution is 5.96. The molecule has 0 saturated heterocycles. The summed E-state index contributed by atoms with van der Waals surface area (Å²) in [6.45, 7) is 2.68. The maximum absolute atomic E-state index is 12.8. The standard InChI is InChI=1S/C29H33NO3/c1-3-25(32-2)27-24-19-22(33-18-10-13-20-11-6-4-7-12-20)16-17-23(24)26(28(27)29(30)31)21-14-8-5-9-15-21/h4-9,11-12,14,16-17,19,21,26,28H,3,10,13,15,18H2,1-2H3,(H2,30,31)/b27-25+. The molecule has 3 unspecified atom stereocenters. The molecule has 2 aliphatic rings. The Morgan fingerprint density at radius 3 is 2.61 bits per heavy atom. The average Bonchev–Trinajstić information content (AvgIpc) is 3.19. The van der Waals surface area contributed by atoms with E-state index >= 15 is 0 Å². The zero-order valence-corrected chi connectivity index (χ0v) is 19.5. The van der Waals surface area contributed by atoms with Gasteiger partial charge in [0.05, 0.1) is 25.4 Å². The van der Waals surface area contributed by atoms with Crippen molar-refractivity contribution in [1.82, 2.24) is 0 Å². The van der Waals surface area contributed by atoms with Gasteiger partial charge in [0.15, 0.2) is 0 Å². The number of rotatable bonds is 9. The maximum atomic E-state index is 12.8. The number of hydrogen-bond donors (Lipinski definition) is 1. The van der Waals surface area contributed by atoms with Gasteiger partial charge in [0.25, 0.3) is 0 Å². The summed E-state index contributed by atoms with van der Waals surface area (Å²) < 4.78 is 11.9. The first kappa shape index (κ1) is 22.9. The van der Waals surface area contributed by atoms with Gasteiger partial charge in [0.1, 0.15) is 5.75 Å². The Bertz CT molecular complexity index is 1060. The Morgan fingerprint density at radius 1 is 1.12 bits per heavy atom. The smallest absolute Gasteiger partial charge is 0.225 e. The van der Waals surface area contributed by atoms with Gasteiger partial charge in [-0.25, -0.2) is 0 Å². The number of amides is 1. The lowest BCUT2D eigenvalue weighted by Gasteiger charge is -2.27. The molecule has 2 aromatic rings.